The van der Waals surface area contributed by atoms with Gasteiger partial charge in [0.15, 0.2) is 5.43 Å². The lowest BCUT2D eigenvalue weighted by Crippen LogP contribution is -2.04. The molecule has 0 radical (unpaired) electrons. The van der Waals surface area contributed by atoms with E-state index < -0.39 is 0 Å². The van der Waals surface area contributed by atoms with Crippen molar-refractivity contribution in [3.05, 3.63) is 59.0 Å². The van der Waals surface area contributed by atoms with Gasteiger partial charge in [0.25, 0.3) is 0 Å². The minimum atomic E-state index is -0.174. The average molecular weight is 255 g/mol. The second-order valence-corrected chi connectivity index (χ2v) is 4.21. The molecule has 0 aliphatic heterocycles. The van der Waals surface area contributed by atoms with E-state index in [1.807, 2.05) is 0 Å². The van der Waals surface area contributed by atoms with E-state index in [1.54, 1.807) is 12.1 Å². The Bertz CT molecular complexity index is 800. The van der Waals surface area contributed by atoms with Gasteiger partial charge in [-0.15, -0.1) is 0 Å². The van der Waals surface area contributed by atoms with E-state index in [9.17, 15) is 15.0 Å². The predicted molar refractivity (Wildman–Crippen MR) is 71.2 cm³/mol. The lowest BCUT2D eigenvalue weighted by atomic mass is 10.1. The van der Waals surface area contributed by atoms with Gasteiger partial charge in [0.2, 0.25) is 0 Å². The quantitative estimate of drug-likeness (QED) is 0.701. The first-order valence-corrected chi connectivity index (χ1v) is 5.69. The molecule has 0 atom stereocenters. The maximum atomic E-state index is 12.3. The van der Waals surface area contributed by atoms with Crippen LogP contribution in [-0.4, -0.2) is 10.2 Å². The van der Waals surface area contributed by atoms with Crippen LogP contribution in [-0.2, 0) is 0 Å². The molecule has 4 heteroatoms. The summed E-state index contributed by atoms with van der Waals surface area (Å²) >= 11 is 0. The molecule has 3 aromatic rings. The number of aromatic hydroxyl groups is 2. The van der Waals surface area contributed by atoms with Crippen molar-refractivity contribution in [3.8, 4) is 22.6 Å². The van der Waals surface area contributed by atoms with Gasteiger partial charge >= 0.3 is 0 Å². The summed E-state index contributed by atoms with van der Waals surface area (Å²) in [5.74, 6) is 0.187. The minimum Gasteiger partial charge on any atom is -0.508 e. The zero-order chi connectivity index (χ0) is 13.4. The third kappa shape index (κ3) is 1.93. The van der Waals surface area contributed by atoms with Gasteiger partial charge in [-0.2, -0.15) is 0 Å². The molecule has 2 aromatic carbocycles. The fourth-order valence-electron chi connectivity index (χ4n) is 1.96. The Morgan fingerprint density at radius 2 is 1.58 bits per heavy atom. The van der Waals surface area contributed by atoms with Gasteiger partial charge < -0.3 is 14.6 Å². The highest BCUT2D eigenvalue weighted by molar-refractivity contribution is 5.82. The molecule has 0 aliphatic rings. The Labute approximate surface area is 108 Å². The van der Waals surface area contributed by atoms with E-state index in [-0.39, 0.29) is 16.9 Å². The van der Waals surface area contributed by atoms with Crippen molar-refractivity contribution < 1.29 is 14.6 Å². The van der Waals surface area contributed by atoms with Gasteiger partial charge in [-0.3, -0.25) is 4.79 Å². The average Bonchev–Trinajstić information content (AvgIpc) is 2.40. The lowest BCUT2D eigenvalue weighted by Gasteiger charge is -2.03. The Morgan fingerprint density at radius 3 is 2.32 bits per heavy atom. The van der Waals surface area contributed by atoms with Crippen molar-refractivity contribution in [3.63, 3.8) is 0 Å². The summed E-state index contributed by atoms with van der Waals surface area (Å²) in [5.41, 5.74) is 1.25. The third-order valence-electron chi connectivity index (χ3n) is 2.94. The summed E-state index contributed by atoms with van der Waals surface area (Å²) < 4.78 is 5.37. The first-order chi connectivity index (χ1) is 9.15. The second-order valence-electron chi connectivity index (χ2n) is 4.21. The van der Waals surface area contributed by atoms with E-state index in [2.05, 4.69) is 0 Å². The zero-order valence-corrected chi connectivity index (χ0v) is 9.83. The van der Waals surface area contributed by atoms with Crippen LogP contribution < -0.4 is 5.43 Å². The van der Waals surface area contributed by atoms with Crippen LogP contribution >= 0.6 is 0 Å². The molecular weight excluding hydrogens is 245 g/mol. The first kappa shape index (κ1) is 11.3. The van der Waals surface area contributed by atoms with Crippen LogP contribution in [0.1, 0.15) is 0 Å². The van der Waals surface area contributed by atoms with Crippen molar-refractivity contribution in [2.75, 3.05) is 0 Å². The standard InChI is InChI=1S/C15H10O4/c16-10-3-1-9(2-4-10)13-8-19-14-7-11(17)5-6-12(14)15(13)18/h1-8,16-17H/i15+1. The molecule has 0 saturated heterocycles. The van der Waals surface area contributed by atoms with E-state index in [0.29, 0.717) is 22.1 Å². The Balaban J connectivity index is 2.26. The van der Waals surface area contributed by atoms with Gasteiger partial charge in [0, 0.05) is 6.07 Å². The fourth-order valence-corrected chi connectivity index (χ4v) is 1.96. The molecule has 2 N–H and O–H groups in total. The molecule has 1 heterocycles. The Hall–Kier alpha value is -2.75. The van der Waals surface area contributed by atoms with Crippen molar-refractivity contribution in [2.24, 2.45) is 0 Å². The van der Waals surface area contributed by atoms with E-state index in [0.717, 1.165) is 0 Å². The molecule has 94 valence electrons. The molecule has 4 nitrogen and oxygen atoms in total. The van der Waals surface area contributed by atoms with Crippen LogP contribution in [0.4, 0.5) is 0 Å². The van der Waals surface area contributed by atoms with Gasteiger partial charge in [0.1, 0.15) is 23.3 Å². The van der Waals surface area contributed by atoms with Crippen LogP contribution in [0, 0.1) is 0 Å². The van der Waals surface area contributed by atoms with Crippen LogP contribution in [0.15, 0.2) is 57.9 Å². The Kier molecular flexibility index (Phi) is 2.49. The normalized spacial score (nSPS) is 10.7. The molecular formula is C15H10O4. The number of fused-ring (bicyclic) bond motifs is 1. The van der Waals surface area contributed by atoms with Gasteiger partial charge in [0.05, 0.1) is 10.9 Å². The first-order valence-electron chi connectivity index (χ1n) is 5.69. The summed E-state index contributed by atoms with van der Waals surface area (Å²) in [6, 6.07) is 10.7. The zero-order valence-electron chi connectivity index (χ0n) is 9.83. The summed E-state index contributed by atoms with van der Waals surface area (Å²) in [7, 11) is 0. The summed E-state index contributed by atoms with van der Waals surface area (Å²) in [6.07, 6.45) is 1.36. The topological polar surface area (TPSA) is 70.7 Å². The highest BCUT2D eigenvalue weighted by atomic mass is 16.3. The smallest absolute Gasteiger partial charge is 0.200 e. The molecule has 0 amide bonds. The van der Waals surface area contributed by atoms with Crippen molar-refractivity contribution in [1.29, 1.82) is 0 Å². The van der Waals surface area contributed by atoms with Gasteiger partial charge in [-0.05, 0) is 29.8 Å². The summed E-state index contributed by atoms with van der Waals surface area (Å²) in [5, 5.41) is 19.0. The van der Waals surface area contributed by atoms with Crippen molar-refractivity contribution >= 4 is 11.0 Å². The molecule has 19 heavy (non-hydrogen) atoms. The van der Waals surface area contributed by atoms with Crippen LogP contribution in [0.3, 0.4) is 0 Å². The molecule has 0 bridgehead atoms. The highest BCUT2D eigenvalue weighted by Crippen LogP contribution is 2.23. The van der Waals surface area contributed by atoms with Gasteiger partial charge in [-0.25, -0.2) is 0 Å². The predicted octanol–water partition coefficient (Wildman–Crippen LogP) is 2.87. The molecule has 0 aliphatic carbocycles. The molecule has 0 fully saturated rings. The van der Waals surface area contributed by atoms with Crippen molar-refractivity contribution in [2.45, 2.75) is 0 Å². The Morgan fingerprint density at radius 1 is 0.895 bits per heavy atom. The molecule has 1 aromatic heterocycles. The molecule has 3 rings (SSSR count). The number of hydrogen-bond donors (Lipinski definition) is 2. The second kappa shape index (κ2) is 4.17. The van der Waals surface area contributed by atoms with Crippen molar-refractivity contribution in [1.82, 2.24) is 0 Å². The number of hydrogen-bond acceptors (Lipinski definition) is 4. The van der Waals surface area contributed by atoms with E-state index in [4.69, 9.17) is 4.42 Å². The maximum absolute atomic E-state index is 12.3. The van der Waals surface area contributed by atoms with E-state index in [1.165, 1.54) is 36.6 Å². The molecule has 0 unspecified atom stereocenters. The monoisotopic (exact) mass is 255 g/mol. The third-order valence-corrected chi connectivity index (χ3v) is 2.94. The summed E-state index contributed by atoms with van der Waals surface area (Å²) in [4.78, 5) is 12.3. The van der Waals surface area contributed by atoms with Crippen LogP contribution in [0.5, 0.6) is 11.5 Å². The van der Waals surface area contributed by atoms with E-state index >= 15 is 0 Å². The summed E-state index contributed by atoms with van der Waals surface area (Å²) in [6.45, 7) is 0. The van der Waals surface area contributed by atoms with Crippen LogP contribution in [0.2, 0.25) is 0 Å². The minimum absolute atomic E-state index is 0.0491. The number of rotatable bonds is 1. The lowest BCUT2D eigenvalue weighted by molar-refractivity contribution is 0.473. The number of phenols is 2. The number of benzene rings is 2. The maximum Gasteiger partial charge on any atom is 0.200 e. The fraction of sp³-hybridized carbons (Fsp3) is 0. The SMILES string of the molecule is O=[13c]1c(-c2ccc(O)cc2)coc2cc(O)ccc21. The highest BCUT2D eigenvalue weighted by Gasteiger charge is 2.09. The number of phenolic OH excluding ortho intramolecular Hbond substituents is 2. The van der Waals surface area contributed by atoms with Crippen LogP contribution in [0.25, 0.3) is 22.1 Å². The molecule has 0 spiro atoms. The molecule has 0 saturated carbocycles. The largest absolute Gasteiger partial charge is 0.508 e. The van der Waals surface area contributed by atoms with Gasteiger partial charge in [-0.1, -0.05) is 12.1 Å².